The lowest BCUT2D eigenvalue weighted by molar-refractivity contribution is -0.159. The van der Waals surface area contributed by atoms with E-state index in [0.717, 1.165) is 5.56 Å². The number of hydrogen-bond donors (Lipinski definition) is 1. The summed E-state index contributed by atoms with van der Waals surface area (Å²) < 4.78 is 5.26. The van der Waals surface area contributed by atoms with E-state index in [1.807, 2.05) is 6.07 Å². The second kappa shape index (κ2) is 5.80. The van der Waals surface area contributed by atoms with Crippen LogP contribution in [0.15, 0.2) is 24.3 Å². The van der Waals surface area contributed by atoms with Gasteiger partial charge in [-0.1, -0.05) is 23.7 Å². The second-order valence-electron chi connectivity index (χ2n) is 6.73. The number of carbonyl (C=O) groups is 2. The van der Waals surface area contributed by atoms with Crippen molar-refractivity contribution in [2.24, 2.45) is 5.41 Å². The number of carboxylic acids is 1. The maximum atomic E-state index is 11.9. The molecule has 1 heterocycles. The highest BCUT2D eigenvalue weighted by molar-refractivity contribution is 6.30. The summed E-state index contributed by atoms with van der Waals surface area (Å²) in [5.41, 5.74) is -0.716. The Kier molecular flexibility index (Phi) is 4.38. The summed E-state index contributed by atoms with van der Waals surface area (Å²) in [4.78, 5) is 25.0. The molecule has 1 aromatic rings. The van der Waals surface area contributed by atoms with E-state index < -0.39 is 23.1 Å². The maximum Gasteiger partial charge on any atom is 0.410 e. The molecular weight excluding hydrogens is 306 g/mol. The average Bonchev–Trinajstić information content (AvgIpc) is 2.30. The van der Waals surface area contributed by atoms with E-state index in [9.17, 15) is 14.7 Å². The Hall–Kier alpha value is -1.75. The van der Waals surface area contributed by atoms with Gasteiger partial charge in [0.1, 0.15) is 11.0 Å². The molecule has 120 valence electrons. The third kappa shape index (κ3) is 3.71. The molecule has 0 unspecified atom stereocenters. The number of amides is 1. The van der Waals surface area contributed by atoms with E-state index in [-0.39, 0.29) is 13.1 Å². The molecule has 0 saturated carbocycles. The van der Waals surface area contributed by atoms with Gasteiger partial charge in [-0.2, -0.15) is 0 Å². The van der Waals surface area contributed by atoms with Crippen molar-refractivity contribution in [1.82, 2.24) is 4.90 Å². The predicted octanol–water partition coefficient (Wildman–Crippen LogP) is 3.20. The van der Waals surface area contributed by atoms with Gasteiger partial charge in [-0.3, -0.25) is 4.79 Å². The van der Waals surface area contributed by atoms with Gasteiger partial charge < -0.3 is 14.7 Å². The number of benzene rings is 1. The van der Waals surface area contributed by atoms with Crippen molar-refractivity contribution in [3.8, 4) is 0 Å². The van der Waals surface area contributed by atoms with Crippen LogP contribution >= 0.6 is 11.6 Å². The maximum absolute atomic E-state index is 11.9. The third-order valence-electron chi connectivity index (χ3n) is 3.52. The number of hydrogen-bond acceptors (Lipinski definition) is 3. The summed E-state index contributed by atoms with van der Waals surface area (Å²) in [5, 5.41) is 10.1. The molecule has 1 N–H and O–H groups in total. The van der Waals surface area contributed by atoms with Crippen LogP contribution < -0.4 is 0 Å². The number of rotatable bonds is 3. The summed E-state index contributed by atoms with van der Waals surface area (Å²) in [6.45, 7) is 5.62. The van der Waals surface area contributed by atoms with Gasteiger partial charge in [0.15, 0.2) is 0 Å². The van der Waals surface area contributed by atoms with Gasteiger partial charge in [0.05, 0.1) is 0 Å². The lowest BCUT2D eigenvalue weighted by atomic mass is 9.75. The molecule has 1 aliphatic rings. The zero-order chi connectivity index (χ0) is 16.5. The summed E-state index contributed by atoms with van der Waals surface area (Å²) >= 11 is 5.93. The molecule has 1 fully saturated rings. The smallest absolute Gasteiger partial charge is 0.410 e. The number of carbonyl (C=O) groups excluding carboxylic acids is 1. The summed E-state index contributed by atoms with van der Waals surface area (Å²) in [6.07, 6.45) is -0.141. The molecule has 6 heteroatoms. The van der Waals surface area contributed by atoms with Crippen molar-refractivity contribution in [2.75, 3.05) is 13.1 Å². The minimum atomic E-state index is -0.971. The van der Waals surface area contributed by atoms with Crippen LogP contribution in [0.2, 0.25) is 5.02 Å². The zero-order valence-corrected chi connectivity index (χ0v) is 13.7. The van der Waals surface area contributed by atoms with Crippen molar-refractivity contribution in [3.63, 3.8) is 0 Å². The first-order valence-electron chi connectivity index (χ1n) is 7.07. The standard InChI is InChI=1S/C16H20ClNO4/c1-15(2,3)22-14(21)18-9-16(10-18,13(19)20)8-11-5-4-6-12(17)7-11/h4-7H,8-10H2,1-3H3,(H,19,20). The lowest BCUT2D eigenvalue weighted by Gasteiger charge is -2.47. The Bertz CT molecular complexity index is 588. The average molecular weight is 326 g/mol. The highest BCUT2D eigenvalue weighted by Crippen LogP contribution is 2.36. The molecule has 0 spiro atoms. The zero-order valence-electron chi connectivity index (χ0n) is 12.9. The van der Waals surface area contributed by atoms with Crippen molar-refractivity contribution >= 4 is 23.7 Å². The van der Waals surface area contributed by atoms with E-state index >= 15 is 0 Å². The number of ether oxygens (including phenoxy) is 1. The van der Waals surface area contributed by atoms with Crippen LogP contribution in [0.4, 0.5) is 4.79 Å². The highest BCUT2D eigenvalue weighted by Gasteiger charge is 2.52. The Labute approximate surface area is 134 Å². The fourth-order valence-corrected chi connectivity index (χ4v) is 2.71. The number of likely N-dealkylation sites (tertiary alicyclic amines) is 1. The second-order valence-corrected chi connectivity index (χ2v) is 7.17. The molecule has 1 amide bonds. The third-order valence-corrected chi connectivity index (χ3v) is 3.76. The summed E-state index contributed by atoms with van der Waals surface area (Å²) in [6, 6.07) is 7.12. The molecule has 0 bridgehead atoms. The fourth-order valence-electron chi connectivity index (χ4n) is 2.50. The van der Waals surface area contributed by atoms with E-state index in [0.29, 0.717) is 11.4 Å². The largest absolute Gasteiger partial charge is 0.481 e. The van der Waals surface area contributed by atoms with E-state index in [1.54, 1.807) is 39.0 Å². The SMILES string of the molecule is CC(C)(C)OC(=O)N1CC(Cc2cccc(Cl)c2)(C(=O)O)C1. The number of halogens is 1. The van der Waals surface area contributed by atoms with Crippen LogP contribution in [0, 0.1) is 5.41 Å². The normalized spacial score (nSPS) is 16.8. The number of nitrogens with zero attached hydrogens (tertiary/aromatic N) is 1. The minimum absolute atomic E-state index is 0.143. The van der Waals surface area contributed by atoms with Gasteiger partial charge in [-0.05, 0) is 44.9 Å². The number of aliphatic carboxylic acids is 1. The molecule has 2 rings (SSSR count). The molecule has 1 aliphatic heterocycles. The van der Waals surface area contributed by atoms with Gasteiger partial charge in [0, 0.05) is 18.1 Å². The Balaban J connectivity index is 2.05. The van der Waals surface area contributed by atoms with Crippen molar-refractivity contribution < 1.29 is 19.4 Å². The highest BCUT2D eigenvalue weighted by atomic mass is 35.5. The minimum Gasteiger partial charge on any atom is -0.481 e. The van der Waals surface area contributed by atoms with E-state index in [4.69, 9.17) is 16.3 Å². The molecular formula is C16H20ClNO4. The Morgan fingerprint density at radius 1 is 1.36 bits per heavy atom. The van der Waals surface area contributed by atoms with Crippen LogP contribution in [-0.2, 0) is 16.0 Å². The molecule has 0 atom stereocenters. The summed E-state index contributed by atoms with van der Waals surface area (Å²) in [7, 11) is 0. The molecule has 5 nitrogen and oxygen atoms in total. The van der Waals surface area contributed by atoms with E-state index in [1.165, 1.54) is 4.90 Å². The van der Waals surface area contributed by atoms with Crippen molar-refractivity contribution in [3.05, 3.63) is 34.9 Å². The van der Waals surface area contributed by atoms with Gasteiger partial charge in [0.2, 0.25) is 0 Å². The van der Waals surface area contributed by atoms with Crippen LogP contribution in [0.3, 0.4) is 0 Å². The van der Waals surface area contributed by atoms with Crippen LogP contribution in [0.5, 0.6) is 0 Å². The monoisotopic (exact) mass is 325 g/mol. The van der Waals surface area contributed by atoms with Crippen molar-refractivity contribution in [2.45, 2.75) is 32.8 Å². The molecule has 1 saturated heterocycles. The van der Waals surface area contributed by atoms with Crippen LogP contribution in [0.1, 0.15) is 26.3 Å². The lowest BCUT2D eigenvalue weighted by Crippen LogP contribution is -2.63. The quantitative estimate of drug-likeness (QED) is 0.926. The van der Waals surface area contributed by atoms with Gasteiger partial charge >= 0.3 is 12.1 Å². The van der Waals surface area contributed by atoms with Gasteiger partial charge in [-0.15, -0.1) is 0 Å². The predicted molar refractivity (Wildman–Crippen MR) is 83.0 cm³/mol. The fraction of sp³-hybridized carbons (Fsp3) is 0.500. The van der Waals surface area contributed by atoms with E-state index in [2.05, 4.69) is 0 Å². The first kappa shape index (κ1) is 16.6. The van der Waals surface area contributed by atoms with Gasteiger partial charge in [-0.25, -0.2) is 4.79 Å². The molecule has 22 heavy (non-hydrogen) atoms. The Morgan fingerprint density at radius 3 is 2.50 bits per heavy atom. The van der Waals surface area contributed by atoms with Crippen LogP contribution in [0.25, 0.3) is 0 Å². The Morgan fingerprint density at radius 2 is 2.00 bits per heavy atom. The molecule has 0 aliphatic carbocycles. The van der Waals surface area contributed by atoms with Crippen LogP contribution in [-0.4, -0.2) is 40.8 Å². The summed E-state index contributed by atoms with van der Waals surface area (Å²) in [5.74, 6) is -0.910. The van der Waals surface area contributed by atoms with Gasteiger partial charge in [0.25, 0.3) is 0 Å². The topological polar surface area (TPSA) is 66.8 Å². The number of carboxylic acid groups (broad SMARTS) is 1. The molecule has 0 radical (unpaired) electrons. The molecule has 1 aromatic carbocycles. The first-order valence-corrected chi connectivity index (χ1v) is 7.45. The van der Waals surface area contributed by atoms with Crippen molar-refractivity contribution in [1.29, 1.82) is 0 Å². The first-order chi connectivity index (χ1) is 10.1. The molecule has 0 aromatic heterocycles.